The van der Waals surface area contributed by atoms with Crippen molar-refractivity contribution in [2.24, 2.45) is 0 Å². The molecule has 0 bridgehead atoms. The molecular weight excluding hydrogens is 331 g/mol. The fourth-order valence-corrected chi connectivity index (χ4v) is 3.34. The van der Waals surface area contributed by atoms with Crippen molar-refractivity contribution in [3.05, 3.63) is 41.8 Å². The molecule has 0 spiro atoms. The van der Waals surface area contributed by atoms with E-state index in [4.69, 9.17) is 0 Å². The molecule has 1 aromatic carbocycles. The molecular formula is C19H23FN6. The van der Waals surface area contributed by atoms with Gasteiger partial charge in [-0.2, -0.15) is 10.2 Å². The third kappa shape index (κ3) is 3.54. The van der Waals surface area contributed by atoms with Gasteiger partial charge in [0, 0.05) is 46.5 Å². The van der Waals surface area contributed by atoms with Gasteiger partial charge in [0.05, 0.1) is 11.3 Å². The van der Waals surface area contributed by atoms with Crippen molar-refractivity contribution in [2.75, 3.05) is 48.9 Å². The molecule has 7 heteroatoms. The molecule has 1 saturated heterocycles. The average Bonchev–Trinajstić information content (AvgIpc) is 2.67. The van der Waals surface area contributed by atoms with Crippen molar-refractivity contribution in [3.63, 3.8) is 0 Å². The van der Waals surface area contributed by atoms with Crippen molar-refractivity contribution < 1.29 is 4.39 Å². The predicted octanol–water partition coefficient (Wildman–Crippen LogP) is 2.66. The van der Waals surface area contributed by atoms with E-state index < -0.39 is 0 Å². The maximum atomic E-state index is 14.4. The van der Waals surface area contributed by atoms with Gasteiger partial charge < -0.3 is 14.7 Å². The quantitative estimate of drug-likeness (QED) is 0.841. The van der Waals surface area contributed by atoms with Gasteiger partial charge in [-0.15, -0.1) is 0 Å². The number of anilines is 3. The first-order valence-electron chi connectivity index (χ1n) is 8.68. The topological polar surface area (TPSA) is 59.3 Å². The molecule has 0 saturated carbocycles. The van der Waals surface area contributed by atoms with Gasteiger partial charge in [0.15, 0.2) is 0 Å². The second-order valence-electron chi connectivity index (χ2n) is 6.71. The highest BCUT2D eigenvalue weighted by molar-refractivity contribution is 5.61. The van der Waals surface area contributed by atoms with E-state index in [1.165, 1.54) is 6.07 Å². The summed E-state index contributed by atoms with van der Waals surface area (Å²) in [5, 5.41) is 9.33. The summed E-state index contributed by atoms with van der Waals surface area (Å²) in [7, 11) is 5.81. The Balaban J connectivity index is 1.83. The highest BCUT2D eigenvalue weighted by Gasteiger charge is 2.27. The number of para-hydroxylation sites is 1. The van der Waals surface area contributed by atoms with Crippen molar-refractivity contribution in [1.82, 2.24) is 9.97 Å². The normalized spacial score (nSPS) is 16.9. The zero-order chi connectivity index (χ0) is 18.7. The Bertz CT molecular complexity index is 816. The molecule has 6 nitrogen and oxygen atoms in total. The highest BCUT2D eigenvalue weighted by atomic mass is 19.1. The summed E-state index contributed by atoms with van der Waals surface area (Å²) in [4.78, 5) is 14.8. The van der Waals surface area contributed by atoms with Gasteiger partial charge in [-0.3, -0.25) is 0 Å². The van der Waals surface area contributed by atoms with Crippen LogP contribution in [-0.2, 0) is 0 Å². The number of piperidine rings is 1. The van der Waals surface area contributed by atoms with Crippen LogP contribution in [0.1, 0.15) is 18.4 Å². The van der Waals surface area contributed by atoms with Crippen LogP contribution in [0.3, 0.4) is 0 Å². The molecule has 2 heterocycles. The molecule has 1 unspecified atom stereocenters. The molecule has 0 radical (unpaired) electrons. The van der Waals surface area contributed by atoms with E-state index in [0.29, 0.717) is 23.7 Å². The van der Waals surface area contributed by atoms with E-state index in [2.05, 4.69) is 20.9 Å². The van der Waals surface area contributed by atoms with Crippen molar-refractivity contribution in [3.8, 4) is 6.07 Å². The fraction of sp³-hybridized carbons (Fsp3) is 0.421. The van der Waals surface area contributed by atoms with Gasteiger partial charge in [0.2, 0.25) is 5.95 Å². The first-order chi connectivity index (χ1) is 12.5. The predicted molar refractivity (Wildman–Crippen MR) is 101 cm³/mol. The lowest BCUT2D eigenvalue weighted by Crippen LogP contribution is -2.47. The number of rotatable bonds is 4. The number of halogens is 1. The van der Waals surface area contributed by atoms with E-state index in [1.807, 2.05) is 37.0 Å². The summed E-state index contributed by atoms with van der Waals surface area (Å²) in [6.07, 6.45) is 3.67. The summed E-state index contributed by atoms with van der Waals surface area (Å²) in [6, 6.07) is 8.83. The largest absolute Gasteiger partial charge is 0.366 e. The van der Waals surface area contributed by atoms with Crippen molar-refractivity contribution in [1.29, 1.82) is 5.26 Å². The number of hydrogen-bond donors (Lipinski definition) is 0. The minimum Gasteiger partial charge on any atom is -0.366 e. The third-order valence-corrected chi connectivity index (χ3v) is 4.76. The van der Waals surface area contributed by atoms with Crippen LogP contribution in [0, 0.1) is 17.1 Å². The molecule has 1 atom stereocenters. The minimum atomic E-state index is -0.343. The summed E-state index contributed by atoms with van der Waals surface area (Å²) >= 11 is 0. The zero-order valence-corrected chi connectivity index (χ0v) is 15.4. The third-order valence-electron chi connectivity index (χ3n) is 4.76. The van der Waals surface area contributed by atoms with Crippen LogP contribution in [0.5, 0.6) is 0 Å². The second-order valence-corrected chi connectivity index (χ2v) is 6.71. The minimum absolute atomic E-state index is 0.180. The van der Waals surface area contributed by atoms with Gasteiger partial charge in [0.25, 0.3) is 0 Å². The van der Waals surface area contributed by atoms with E-state index in [9.17, 15) is 9.65 Å². The number of likely N-dealkylation sites (N-methyl/N-ethyl adjacent to an activating group) is 1. The van der Waals surface area contributed by atoms with E-state index in [-0.39, 0.29) is 11.9 Å². The first-order valence-corrected chi connectivity index (χ1v) is 8.68. The number of nitrogens with zero attached hydrogens (tertiary/aromatic N) is 6. The Morgan fingerprint density at radius 2 is 2.08 bits per heavy atom. The molecule has 0 N–H and O–H groups in total. The SMILES string of the molecule is CN(C)c1nccc(N(C)C2CCCN(c3c(F)cccc3C#N)C2)n1. The zero-order valence-electron chi connectivity index (χ0n) is 15.4. The number of aromatic nitrogens is 2. The molecule has 2 aromatic rings. The van der Waals surface area contributed by atoms with Gasteiger partial charge in [-0.05, 0) is 31.0 Å². The highest BCUT2D eigenvalue weighted by Crippen LogP contribution is 2.29. The summed E-state index contributed by atoms with van der Waals surface area (Å²) in [6.45, 7) is 1.39. The van der Waals surface area contributed by atoms with Crippen LogP contribution < -0.4 is 14.7 Å². The van der Waals surface area contributed by atoms with Gasteiger partial charge in [-0.1, -0.05) is 6.07 Å². The summed E-state index contributed by atoms with van der Waals surface area (Å²) in [5.41, 5.74) is 0.787. The Morgan fingerprint density at radius 3 is 2.81 bits per heavy atom. The van der Waals surface area contributed by atoms with Crippen LogP contribution in [0.4, 0.5) is 21.8 Å². The van der Waals surface area contributed by atoms with E-state index in [0.717, 1.165) is 25.2 Å². The standard InChI is InChI=1S/C19H23FN6/c1-24(2)19-22-10-9-17(23-19)25(3)15-7-5-11-26(13-15)18-14(12-21)6-4-8-16(18)20/h4,6,8-10,15H,5,7,11,13H2,1-3H3. The maximum Gasteiger partial charge on any atom is 0.226 e. The fourth-order valence-electron chi connectivity index (χ4n) is 3.34. The Kier molecular flexibility index (Phi) is 5.21. The van der Waals surface area contributed by atoms with Crippen LogP contribution in [0.25, 0.3) is 0 Å². The number of nitriles is 1. The Labute approximate surface area is 153 Å². The van der Waals surface area contributed by atoms with Gasteiger partial charge in [-0.25, -0.2) is 9.37 Å². The van der Waals surface area contributed by atoms with Crippen LogP contribution in [0.2, 0.25) is 0 Å². The lowest BCUT2D eigenvalue weighted by Gasteiger charge is -2.39. The molecule has 0 aliphatic carbocycles. The molecule has 1 aliphatic rings. The molecule has 0 amide bonds. The number of hydrogen-bond acceptors (Lipinski definition) is 6. The molecule has 3 rings (SSSR count). The maximum absolute atomic E-state index is 14.4. The Hall–Kier alpha value is -2.88. The van der Waals surface area contributed by atoms with Crippen LogP contribution in [0.15, 0.2) is 30.5 Å². The second kappa shape index (κ2) is 7.56. The van der Waals surface area contributed by atoms with Gasteiger partial charge in [0.1, 0.15) is 17.7 Å². The van der Waals surface area contributed by atoms with Crippen LogP contribution in [-0.4, -0.2) is 50.2 Å². The smallest absolute Gasteiger partial charge is 0.226 e. The summed E-state index contributed by atoms with van der Waals surface area (Å²) < 4.78 is 14.4. The van der Waals surface area contributed by atoms with Crippen LogP contribution >= 0.6 is 0 Å². The molecule has 26 heavy (non-hydrogen) atoms. The number of benzene rings is 1. The summed E-state index contributed by atoms with van der Waals surface area (Å²) in [5.74, 6) is 1.15. The molecule has 1 aromatic heterocycles. The molecule has 1 aliphatic heterocycles. The monoisotopic (exact) mass is 354 g/mol. The lowest BCUT2D eigenvalue weighted by atomic mass is 10.0. The molecule has 1 fully saturated rings. The van der Waals surface area contributed by atoms with Crippen molar-refractivity contribution >= 4 is 17.5 Å². The van der Waals surface area contributed by atoms with Gasteiger partial charge >= 0.3 is 0 Å². The lowest BCUT2D eigenvalue weighted by molar-refractivity contribution is 0.479. The average molecular weight is 354 g/mol. The molecule has 136 valence electrons. The Morgan fingerprint density at radius 1 is 1.27 bits per heavy atom. The van der Waals surface area contributed by atoms with E-state index in [1.54, 1.807) is 18.3 Å². The first kappa shape index (κ1) is 17.9. The van der Waals surface area contributed by atoms with Crippen molar-refractivity contribution in [2.45, 2.75) is 18.9 Å². The van der Waals surface area contributed by atoms with E-state index >= 15 is 0 Å².